The lowest BCUT2D eigenvalue weighted by Crippen LogP contribution is -2.48. The highest BCUT2D eigenvalue weighted by Gasteiger charge is 2.57. The molecule has 27 nitrogen and oxygen atoms in total. The predicted molar refractivity (Wildman–Crippen MR) is 287 cm³/mol. The summed E-state index contributed by atoms with van der Waals surface area (Å²) in [5, 5.41) is 55.3. The molecule has 0 saturated carbocycles. The van der Waals surface area contributed by atoms with E-state index in [1.54, 1.807) is 38.1 Å². The van der Waals surface area contributed by atoms with Crippen LogP contribution in [0, 0.1) is 53.8 Å². The van der Waals surface area contributed by atoms with Crippen LogP contribution in [0.2, 0.25) is 0 Å². The van der Waals surface area contributed by atoms with Gasteiger partial charge in [-0.15, -0.1) is 12.8 Å². The van der Waals surface area contributed by atoms with Crippen molar-refractivity contribution in [1.82, 2.24) is 29.3 Å². The maximum Gasteiger partial charge on any atom is 0.513 e. The van der Waals surface area contributed by atoms with Crippen molar-refractivity contribution < 1.29 is 103 Å². The van der Waals surface area contributed by atoms with E-state index in [1.165, 1.54) is 64.1 Å². The Morgan fingerprint density at radius 2 is 1.00 bits per heavy atom. The number of benzene rings is 3. The average Bonchev–Trinajstić information content (AvgIpc) is 3.17. The van der Waals surface area contributed by atoms with Gasteiger partial charge in [0.25, 0.3) is 11.1 Å². The third-order valence-electron chi connectivity index (χ3n) is 11.7. The average molecular weight is 1260 g/mol. The summed E-state index contributed by atoms with van der Waals surface area (Å²) < 4.78 is 138. The number of nitrogens with one attached hydrogen (secondary N) is 4. The molecular weight excluding hydrogens is 1200 g/mol. The molecule has 2 fully saturated rings. The molecule has 2 aromatic heterocycles. The first-order chi connectivity index (χ1) is 40.3. The molecule has 7 rings (SSSR count). The van der Waals surface area contributed by atoms with Gasteiger partial charge >= 0.3 is 38.8 Å². The standard InChI is InChI=1S/C23H28N3O10P.C18H17F5NO5P.C11H12N2O6/c1-5-23(31)19(28)17(35-21(23)26-12-11-18(27)24-22(26)30)13-33-37(32,36-16-9-7-6-8-10-16)25-15(4)20(29)34-14(2)3;1-9(2)27-18(25)10(3)24-30(26,28-11-7-5-4-6-8-11)29-17-15(22)13(20)12(19)14(21)16(17)23;1-2-11(18)8(16)6(5-14)19-9(11)13-4-3-7(15)12-10(13)17/h1,6-12,14-15,17,19,21,28,31H,13H2,2-4H3,(H,25,32)(H,24,27,30);4-10H,1-3H3,(H,24,26);1,3-4,6,8-9,14,16,18H,5H2,(H,12,15,17)/t15-,17+,19+,21+,23+,37?;10-,30?;6-,8-,9-,11-/m001/s1. The van der Waals surface area contributed by atoms with Gasteiger partial charge in [0.05, 0.1) is 25.4 Å². The number of aliphatic hydroxyl groups excluding tert-OH is 3. The maximum atomic E-state index is 14.0. The lowest BCUT2D eigenvalue weighted by Gasteiger charge is -2.26. The number of halogens is 5. The van der Waals surface area contributed by atoms with Crippen LogP contribution >= 0.6 is 15.5 Å². The molecule has 0 amide bonds. The van der Waals surface area contributed by atoms with Gasteiger partial charge in [0.1, 0.15) is 48.0 Å². The number of hydrogen-bond acceptors (Lipinski definition) is 21. The third kappa shape index (κ3) is 16.6. The highest BCUT2D eigenvalue weighted by atomic mass is 31.2. The number of rotatable bonds is 20. The van der Waals surface area contributed by atoms with Crippen LogP contribution in [0.5, 0.6) is 17.2 Å². The molecule has 34 heteroatoms. The number of carbonyl (C=O) groups is 2. The Hall–Kier alpha value is -7.81. The van der Waals surface area contributed by atoms with Crippen molar-refractivity contribution in [1.29, 1.82) is 0 Å². The van der Waals surface area contributed by atoms with Crippen LogP contribution < -0.4 is 46.2 Å². The zero-order valence-corrected chi connectivity index (χ0v) is 47.7. The summed E-state index contributed by atoms with van der Waals surface area (Å²) in [6, 6.07) is 14.5. The number of terminal acetylenes is 2. The summed E-state index contributed by atoms with van der Waals surface area (Å²) in [6.07, 6.45) is 2.82. The molecule has 5 aromatic rings. The molecular formula is C52H57F5N6O21P2. The first-order valence-corrected chi connectivity index (χ1v) is 28.2. The van der Waals surface area contributed by atoms with Crippen molar-refractivity contribution >= 4 is 27.4 Å². The minimum Gasteiger partial charge on any atom is -0.462 e. The van der Waals surface area contributed by atoms with Gasteiger partial charge < -0.3 is 58.1 Å². The fourth-order valence-corrected chi connectivity index (χ4v) is 10.5. The van der Waals surface area contributed by atoms with E-state index in [2.05, 4.69) is 14.7 Å². The van der Waals surface area contributed by atoms with Crippen LogP contribution in [0.1, 0.15) is 54.0 Å². The molecule has 0 aliphatic carbocycles. The van der Waals surface area contributed by atoms with Crippen LogP contribution in [0.25, 0.3) is 0 Å². The highest BCUT2D eigenvalue weighted by Crippen LogP contribution is 2.49. The van der Waals surface area contributed by atoms with E-state index < -0.39 is 170 Å². The molecule has 0 radical (unpaired) electrons. The van der Waals surface area contributed by atoms with Crippen LogP contribution in [0.3, 0.4) is 0 Å². The lowest BCUT2D eigenvalue weighted by atomic mass is 9.95. The number of aliphatic hydroxyl groups is 5. The predicted octanol–water partition coefficient (Wildman–Crippen LogP) is 2.32. The molecule has 2 unspecified atom stereocenters. The second-order valence-corrected chi connectivity index (χ2v) is 22.2. The molecule has 0 spiro atoms. The molecule has 2 aliphatic heterocycles. The van der Waals surface area contributed by atoms with Gasteiger partial charge in [-0.2, -0.15) is 19.0 Å². The van der Waals surface area contributed by atoms with E-state index in [4.69, 9.17) is 50.5 Å². The van der Waals surface area contributed by atoms with Gasteiger partial charge in [0.2, 0.25) is 34.8 Å². The van der Waals surface area contributed by atoms with Crippen LogP contribution in [-0.4, -0.2) is 130 Å². The Morgan fingerprint density at radius 3 is 1.38 bits per heavy atom. The van der Waals surface area contributed by atoms with Gasteiger partial charge in [-0.3, -0.25) is 42.8 Å². The third-order valence-corrected chi connectivity index (χ3v) is 14.9. The number of aromatic nitrogens is 4. The smallest absolute Gasteiger partial charge is 0.462 e. The summed E-state index contributed by atoms with van der Waals surface area (Å²) in [7, 11) is -9.23. The number of nitrogens with zero attached hydrogens (tertiary/aromatic N) is 2. The van der Waals surface area contributed by atoms with E-state index in [1.807, 2.05) is 21.8 Å². The van der Waals surface area contributed by atoms with Crippen LogP contribution in [0.15, 0.2) is 104 Å². The fourth-order valence-electron chi connectivity index (χ4n) is 7.52. The summed E-state index contributed by atoms with van der Waals surface area (Å²) in [5.41, 5.74) is -7.71. The summed E-state index contributed by atoms with van der Waals surface area (Å²) >= 11 is 0. The fraction of sp³-hybridized carbons (Fsp3) is 0.385. The van der Waals surface area contributed by atoms with Gasteiger partial charge in [-0.1, -0.05) is 48.2 Å². The number of H-pyrrole nitrogens is 2. The number of para-hydroxylation sites is 2. The minimum atomic E-state index is -4.91. The highest BCUT2D eigenvalue weighted by molar-refractivity contribution is 7.52. The van der Waals surface area contributed by atoms with Crippen molar-refractivity contribution in [3.05, 3.63) is 156 Å². The number of ether oxygens (including phenoxy) is 4. The van der Waals surface area contributed by atoms with Gasteiger partial charge in [0.15, 0.2) is 23.7 Å². The number of hydrogen-bond donors (Lipinski definition) is 9. The zero-order valence-electron chi connectivity index (χ0n) is 45.9. The first-order valence-electron chi connectivity index (χ1n) is 25.1. The normalized spacial score (nSPS) is 23.5. The van der Waals surface area contributed by atoms with E-state index in [-0.39, 0.29) is 11.5 Å². The van der Waals surface area contributed by atoms with Crippen molar-refractivity contribution in [2.75, 3.05) is 13.2 Å². The van der Waals surface area contributed by atoms with E-state index in [9.17, 15) is 80.3 Å². The molecule has 3 aromatic carbocycles. The topological polar surface area (TPSA) is 377 Å². The van der Waals surface area contributed by atoms with E-state index >= 15 is 0 Å². The summed E-state index contributed by atoms with van der Waals surface area (Å²) in [5.74, 6) is -11.2. The molecule has 2 aliphatic rings. The molecule has 466 valence electrons. The van der Waals surface area contributed by atoms with Crippen LogP contribution in [0.4, 0.5) is 22.0 Å². The molecule has 4 heterocycles. The van der Waals surface area contributed by atoms with Crippen molar-refractivity contribution in [3.8, 4) is 41.9 Å². The zero-order chi connectivity index (χ0) is 64.2. The van der Waals surface area contributed by atoms with Gasteiger partial charge in [-0.25, -0.2) is 31.9 Å². The lowest BCUT2D eigenvalue weighted by molar-refractivity contribution is -0.150. The minimum absolute atomic E-state index is 0.137. The van der Waals surface area contributed by atoms with Gasteiger partial charge in [-0.05, 0) is 65.8 Å². The van der Waals surface area contributed by atoms with E-state index in [0.29, 0.717) is 0 Å². The summed E-state index contributed by atoms with van der Waals surface area (Å²) in [4.78, 5) is 74.5. The Bertz CT molecular complexity index is 3610. The largest absolute Gasteiger partial charge is 0.513 e. The first kappa shape index (κ1) is 69.0. The Labute approximate surface area is 483 Å². The Kier molecular flexibility index (Phi) is 23.3. The van der Waals surface area contributed by atoms with Gasteiger partial charge in [0, 0.05) is 24.5 Å². The number of aromatic amines is 2. The number of esters is 2. The maximum absolute atomic E-state index is 14.0. The second-order valence-electron chi connectivity index (χ2n) is 18.9. The van der Waals surface area contributed by atoms with Crippen molar-refractivity contribution in [2.45, 2.75) is 114 Å². The Morgan fingerprint density at radius 1 is 0.628 bits per heavy atom. The monoisotopic (exact) mass is 1260 g/mol. The molecule has 12 atom stereocenters. The SMILES string of the molecule is C#C[C@@]1(O)[C@H](O)[C@@H](CO)O[C@H]1n1ccc(=O)[nH]c1=O.C#C[C@@]1(O)[C@H](O)[C@@H](COP(=O)(N[C@@H](C)C(=O)OC(C)C)Oc2ccccc2)O[C@H]1n1ccc(=O)[nH]c1=O.CC(C)OC(=O)[C@H](C)NP(=O)(Oc1ccccc1)Oc1c(F)c(F)c(F)c(F)c1F. The molecule has 9 N–H and O–H groups in total. The van der Waals surface area contributed by atoms with Crippen LogP contribution in [-0.2, 0) is 42.2 Å². The summed E-state index contributed by atoms with van der Waals surface area (Å²) in [6.45, 7) is 7.71. The number of carbonyl (C=O) groups excluding carboxylic acids is 2. The van der Waals surface area contributed by atoms with Crippen molar-refractivity contribution in [3.63, 3.8) is 0 Å². The van der Waals surface area contributed by atoms with Crippen molar-refractivity contribution in [2.24, 2.45) is 0 Å². The molecule has 0 bridgehead atoms. The molecule has 86 heavy (non-hydrogen) atoms. The van der Waals surface area contributed by atoms with E-state index in [0.717, 1.165) is 33.7 Å². The second kappa shape index (κ2) is 29.1. The quantitative estimate of drug-likeness (QED) is 0.0135. The molecule has 2 saturated heterocycles. The Balaban J connectivity index is 0.000000247.